The molecule has 114 valence electrons. The number of likely N-dealkylation sites (tertiary alicyclic amines) is 1. The van der Waals surface area contributed by atoms with Crippen molar-refractivity contribution in [3.05, 3.63) is 29.8 Å². The molecule has 1 aromatic rings. The number of piperidine rings is 1. The Morgan fingerprint density at radius 1 is 1.24 bits per heavy atom. The molecule has 1 aliphatic rings. The summed E-state index contributed by atoms with van der Waals surface area (Å²) in [7, 11) is 0. The average molecular weight is 291 g/mol. The molecule has 0 unspecified atom stereocenters. The van der Waals surface area contributed by atoms with Gasteiger partial charge < -0.3 is 14.7 Å². The summed E-state index contributed by atoms with van der Waals surface area (Å²) < 4.78 is 5.61. The van der Waals surface area contributed by atoms with Crippen LogP contribution in [0.15, 0.2) is 24.3 Å². The Bertz CT molecular complexity index is 504. The fourth-order valence-electron chi connectivity index (χ4n) is 2.42. The van der Waals surface area contributed by atoms with Gasteiger partial charge in [0, 0.05) is 13.1 Å². The van der Waals surface area contributed by atoms with Crippen LogP contribution in [0.5, 0.6) is 5.75 Å². The number of benzene rings is 1. The number of aromatic carboxylic acids is 1. The van der Waals surface area contributed by atoms with E-state index < -0.39 is 12.1 Å². The highest BCUT2D eigenvalue weighted by Crippen LogP contribution is 2.19. The molecule has 0 saturated carbocycles. The third-order valence-electron chi connectivity index (χ3n) is 3.86. The first kappa shape index (κ1) is 15.4. The van der Waals surface area contributed by atoms with Gasteiger partial charge in [-0.1, -0.05) is 6.92 Å². The first-order valence-electron chi connectivity index (χ1n) is 7.26. The van der Waals surface area contributed by atoms with Crippen molar-refractivity contribution in [2.75, 3.05) is 13.1 Å². The molecule has 1 N–H and O–H groups in total. The molecular formula is C16H21NO4. The molecule has 1 amide bonds. The van der Waals surface area contributed by atoms with Crippen LogP contribution in [0.2, 0.25) is 0 Å². The number of ether oxygens (including phenoxy) is 1. The fourth-order valence-corrected chi connectivity index (χ4v) is 2.42. The van der Waals surface area contributed by atoms with E-state index in [0.29, 0.717) is 11.7 Å². The Kier molecular flexibility index (Phi) is 4.83. The zero-order valence-corrected chi connectivity index (χ0v) is 12.4. The van der Waals surface area contributed by atoms with Crippen LogP contribution in [0, 0.1) is 5.92 Å². The Morgan fingerprint density at radius 2 is 1.81 bits per heavy atom. The fraction of sp³-hybridized carbons (Fsp3) is 0.500. The molecule has 0 bridgehead atoms. The van der Waals surface area contributed by atoms with E-state index in [0.717, 1.165) is 25.9 Å². The number of nitrogens with zero attached hydrogens (tertiary/aromatic N) is 1. The van der Waals surface area contributed by atoms with Crippen molar-refractivity contribution < 1.29 is 19.4 Å². The van der Waals surface area contributed by atoms with Crippen molar-refractivity contribution in [2.45, 2.75) is 32.8 Å². The summed E-state index contributed by atoms with van der Waals surface area (Å²) in [5.74, 6) is 0.192. The predicted molar refractivity (Wildman–Crippen MR) is 78.5 cm³/mol. The van der Waals surface area contributed by atoms with Gasteiger partial charge in [0.25, 0.3) is 5.91 Å². The van der Waals surface area contributed by atoms with E-state index in [1.807, 2.05) is 4.90 Å². The van der Waals surface area contributed by atoms with E-state index in [2.05, 4.69) is 6.92 Å². The Labute approximate surface area is 124 Å². The van der Waals surface area contributed by atoms with Gasteiger partial charge >= 0.3 is 5.97 Å². The van der Waals surface area contributed by atoms with Gasteiger partial charge in [-0.15, -0.1) is 0 Å². The minimum absolute atomic E-state index is 0.00999. The molecule has 5 heteroatoms. The van der Waals surface area contributed by atoms with Crippen molar-refractivity contribution in [1.29, 1.82) is 0 Å². The minimum Gasteiger partial charge on any atom is -0.481 e. The lowest BCUT2D eigenvalue weighted by Gasteiger charge is -2.32. The monoisotopic (exact) mass is 291 g/mol. The molecule has 1 aliphatic heterocycles. The summed E-state index contributed by atoms with van der Waals surface area (Å²) >= 11 is 0. The highest BCUT2D eigenvalue weighted by Gasteiger charge is 2.25. The summed E-state index contributed by atoms with van der Waals surface area (Å²) in [5, 5.41) is 8.84. The molecule has 0 radical (unpaired) electrons. The highest BCUT2D eigenvalue weighted by atomic mass is 16.5. The number of carboxylic acids is 1. The summed E-state index contributed by atoms with van der Waals surface area (Å²) in [5.41, 5.74) is 0.200. The quantitative estimate of drug-likeness (QED) is 0.925. The van der Waals surface area contributed by atoms with E-state index >= 15 is 0 Å². The molecule has 0 spiro atoms. The lowest BCUT2D eigenvalue weighted by Crippen LogP contribution is -2.44. The minimum atomic E-state index is -0.979. The summed E-state index contributed by atoms with van der Waals surface area (Å²) in [4.78, 5) is 24.9. The maximum absolute atomic E-state index is 12.3. The third-order valence-corrected chi connectivity index (χ3v) is 3.86. The Morgan fingerprint density at radius 3 is 2.33 bits per heavy atom. The van der Waals surface area contributed by atoms with Crippen LogP contribution in [0.25, 0.3) is 0 Å². The van der Waals surface area contributed by atoms with E-state index in [1.54, 1.807) is 19.1 Å². The smallest absolute Gasteiger partial charge is 0.335 e. The van der Waals surface area contributed by atoms with Gasteiger partial charge in [0.05, 0.1) is 5.56 Å². The zero-order chi connectivity index (χ0) is 15.4. The van der Waals surface area contributed by atoms with Gasteiger partial charge in [0.15, 0.2) is 6.10 Å². The summed E-state index contributed by atoms with van der Waals surface area (Å²) in [6, 6.07) is 6.09. The number of carbonyl (C=O) groups is 2. The molecule has 1 saturated heterocycles. The molecule has 1 atom stereocenters. The molecule has 21 heavy (non-hydrogen) atoms. The third kappa shape index (κ3) is 3.97. The lowest BCUT2D eigenvalue weighted by molar-refractivity contribution is -0.139. The zero-order valence-electron chi connectivity index (χ0n) is 12.4. The van der Waals surface area contributed by atoms with Crippen LogP contribution in [0.4, 0.5) is 0 Å². The lowest BCUT2D eigenvalue weighted by atomic mass is 9.99. The van der Waals surface area contributed by atoms with Crippen LogP contribution in [0.1, 0.15) is 37.0 Å². The molecule has 1 aromatic carbocycles. The van der Waals surface area contributed by atoms with E-state index in [-0.39, 0.29) is 11.5 Å². The van der Waals surface area contributed by atoms with E-state index in [4.69, 9.17) is 9.84 Å². The first-order valence-corrected chi connectivity index (χ1v) is 7.26. The van der Waals surface area contributed by atoms with Crippen molar-refractivity contribution in [2.24, 2.45) is 5.92 Å². The number of carbonyl (C=O) groups excluding carboxylic acids is 1. The van der Waals surface area contributed by atoms with Gasteiger partial charge in [-0.2, -0.15) is 0 Å². The summed E-state index contributed by atoms with van der Waals surface area (Å²) in [6.45, 7) is 5.49. The standard InChI is InChI=1S/C16H21NO4/c1-11-7-9-17(10-8-11)15(18)12(2)21-14-5-3-13(4-6-14)16(19)20/h3-6,11-12H,7-10H2,1-2H3,(H,19,20)/t12-/m1/s1. The molecular weight excluding hydrogens is 270 g/mol. The largest absolute Gasteiger partial charge is 0.481 e. The molecule has 5 nitrogen and oxygen atoms in total. The normalized spacial score (nSPS) is 17.3. The maximum atomic E-state index is 12.3. The summed E-state index contributed by atoms with van der Waals surface area (Å²) in [6.07, 6.45) is 1.51. The van der Waals surface area contributed by atoms with Gasteiger partial charge in [0.1, 0.15) is 5.75 Å². The van der Waals surface area contributed by atoms with Gasteiger partial charge in [-0.3, -0.25) is 4.79 Å². The second-order valence-corrected chi connectivity index (χ2v) is 5.60. The molecule has 1 fully saturated rings. The van der Waals surface area contributed by atoms with Gasteiger partial charge in [0.2, 0.25) is 0 Å². The molecule has 0 aromatic heterocycles. The number of hydrogen-bond acceptors (Lipinski definition) is 3. The van der Waals surface area contributed by atoms with Crippen LogP contribution < -0.4 is 4.74 Å². The second-order valence-electron chi connectivity index (χ2n) is 5.60. The van der Waals surface area contributed by atoms with E-state index in [9.17, 15) is 9.59 Å². The van der Waals surface area contributed by atoms with E-state index in [1.165, 1.54) is 12.1 Å². The Balaban J connectivity index is 1.92. The van der Waals surface area contributed by atoms with Crippen LogP contribution in [-0.4, -0.2) is 41.1 Å². The topological polar surface area (TPSA) is 66.8 Å². The first-order chi connectivity index (χ1) is 9.97. The number of rotatable bonds is 4. The molecule has 2 rings (SSSR count). The second kappa shape index (κ2) is 6.61. The SMILES string of the molecule is CC1CCN(C(=O)[C@@H](C)Oc2ccc(C(=O)O)cc2)CC1. The number of hydrogen-bond donors (Lipinski definition) is 1. The highest BCUT2D eigenvalue weighted by molar-refractivity contribution is 5.87. The van der Waals surface area contributed by atoms with Gasteiger partial charge in [-0.05, 0) is 49.9 Å². The van der Waals surface area contributed by atoms with Crippen LogP contribution in [0.3, 0.4) is 0 Å². The van der Waals surface area contributed by atoms with Crippen LogP contribution in [-0.2, 0) is 4.79 Å². The van der Waals surface area contributed by atoms with Crippen molar-refractivity contribution >= 4 is 11.9 Å². The van der Waals surface area contributed by atoms with Crippen molar-refractivity contribution in [1.82, 2.24) is 4.90 Å². The van der Waals surface area contributed by atoms with Crippen LogP contribution >= 0.6 is 0 Å². The molecule has 1 heterocycles. The Hall–Kier alpha value is -2.04. The predicted octanol–water partition coefficient (Wildman–Crippen LogP) is 2.41. The van der Waals surface area contributed by atoms with Crippen molar-refractivity contribution in [3.8, 4) is 5.75 Å². The maximum Gasteiger partial charge on any atom is 0.335 e. The number of amides is 1. The van der Waals surface area contributed by atoms with Crippen molar-refractivity contribution in [3.63, 3.8) is 0 Å². The average Bonchev–Trinajstić information content (AvgIpc) is 2.47. The van der Waals surface area contributed by atoms with Gasteiger partial charge in [-0.25, -0.2) is 4.79 Å². The number of carboxylic acid groups (broad SMARTS) is 1. The molecule has 0 aliphatic carbocycles.